The highest BCUT2D eigenvalue weighted by Crippen LogP contribution is 2.49. The van der Waals surface area contributed by atoms with E-state index < -0.39 is 42.4 Å². The Labute approximate surface area is 357 Å². The minimum absolute atomic E-state index is 0.0294. The van der Waals surface area contributed by atoms with E-state index in [1.807, 2.05) is 37.5 Å². The van der Waals surface area contributed by atoms with Crippen molar-refractivity contribution in [1.82, 2.24) is 19.9 Å². The average Bonchev–Trinajstić information content (AvgIpc) is 3.52. The Morgan fingerprint density at radius 1 is 1.00 bits per heavy atom. The van der Waals surface area contributed by atoms with Gasteiger partial charge in [0.2, 0.25) is 0 Å². The van der Waals surface area contributed by atoms with Crippen molar-refractivity contribution in [2.24, 2.45) is 5.41 Å². The van der Waals surface area contributed by atoms with Gasteiger partial charge < -0.3 is 37.9 Å². The zero-order valence-corrected chi connectivity index (χ0v) is 38.2. The summed E-state index contributed by atoms with van der Waals surface area (Å²) in [4.78, 5) is 31.5. The van der Waals surface area contributed by atoms with Crippen LogP contribution < -0.4 is 14.4 Å². The van der Waals surface area contributed by atoms with E-state index in [2.05, 4.69) is 38.8 Å². The number of nitrogens with zero attached hydrogens (tertiary/aromatic N) is 5. The molecule has 2 aliphatic heterocycles. The lowest BCUT2D eigenvalue weighted by atomic mass is 9.75. The van der Waals surface area contributed by atoms with E-state index in [-0.39, 0.29) is 69.9 Å². The van der Waals surface area contributed by atoms with Crippen molar-refractivity contribution in [3.63, 3.8) is 0 Å². The van der Waals surface area contributed by atoms with Crippen LogP contribution >= 0.6 is 0 Å². The molecule has 0 unspecified atom stereocenters. The molecule has 2 saturated heterocycles. The highest BCUT2D eigenvalue weighted by atomic mass is 28.4. The van der Waals surface area contributed by atoms with Gasteiger partial charge in [-0.15, -0.1) is 0 Å². The van der Waals surface area contributed by atoms with Crippen LogP contribution in [0.3, 0.4) is 0 Å². The highest BCUT2D eigenvalue weighted by molar-refractivity contribution is 6.74. The fraction of sp³-hybridized carbons (Fsp3) is 0.600. The van der Waals surface area contributed by atoms with Crippen LogP contribution in [0.1, 0.15) is 80.6 Å². The van der Waals surface area contributed by atoms with Gasteiger partial charge in [0.1, 0.15) is 28.4 Å². The van der Waals surface area contributed by atoms with Gasteiger partial charge in [-0.2, -0.15) is 9.97 Å². The van der Waals surface area contributed by atoms with Crippen LogP contribution in [0.25, 0.3) is 32.9 Å². The number of likely N-dealkylation sites (tertiary alicyclic amines) is 1. The molecule has 0 bridgehead atoms. The zero-order valence-electron chi connectivity index (χ0n) is 37.2. The van der Waals surface area contributed by atoms with Gasteiger partial charge >= 0.3 is 12.1 Å². The van der Waals surface area contributed by atoms with Gasteiger partial charge in [-0.25, -0.2) is 18.0 Å². The van der Waals surface area contributed by atoms with Gasteiger partial charge in [-0.05, 0) is 95.1 Å². The molecule has 0 N–H and O–H groups in total. The topological polar surface area (TPSA) is 118 Å². The van der Waals surface area contributed by atoms with Gasteiger partial charge in [-0.3, -0.25) is 4.98 Å². The third-order valence-electron chi connectivity index (χ3n) is 12.7. The summed E-state index contributed by atoms with van der Waals surface area (Å²) in [5.41, 5.74) is -2.21. The number of ether oxygens (including phenoxy) is 5. The number of rotatable bonds is 10. The molecule has 3 fully saturated rings. The number of methoxy groups -OCH3 is 1. The van der Waals surface area contributed by atoms with Crippen molar-refractivity contribution < 1.29 is 46.1 Å². The molecule has 7 rings (SSSR count). The first-order chi connectivity index (χ1) is 28.6. The molecule has 1 aliphatic carbocycles. The normalized spacial score (nSPS) is 22.7. The van der Waals surface area contributed by atoms with E-state index in [4.69, 9.17) is 38.1 Å². The number of halogens is 3. The second-order valence-corrected chi connectivity index (χ2v) is 24.3. The summed E-state index contributed by atoms with van der Waals surface area (Å²) in [6, 6.07) is 5.17. The number of carbonyl (C=O) groups excluding carboxylic acids is 1. The number of fused-ring (bicyclic) bond motifs is 3. The van der Waals surface area contributed by atoms with Gasteiger partial charge in [0.05, 0.1) is 30.8 Å². The van der Waals surface area contributed by atoms with Gasteiger partial charge in [-0.1, -0.05) is 33.3 Å². The SMILES string of the molecule is COCOc1cc(-c2ncc3c(N4CCOC[C@@](C)(O[Si](C)(C)C(C)(C)C)C4)nc(OC[C@]45CCC[C@H]4N(C(=O)OC(C)(C)C)CCC5)nc3c2F)c2c(F)c(F)ccc2c1. The Balaban J connectivity index is 1.34. The molecule has 12 nitrogen and oxygen atoms in total. The lowest BCUT2D eigenvalue weighted by Crippen LogP contribution is -2.55. The second-order valence-electron chi connectivity index (χ2n) is 19.6. The molecule has 3 atom stereocenters. The molecule has 4 aromatic rings. The van der Waals surface area contributed by atoms with E-state index in [1.54, 1.807) is 0 Å². The van der Waals surface area contributed by atoms with E-state index in [9.17, 15) is 9.18 Å². The van der Waals surface area contributed by atoms with Crippen LogP contribution in [0, 0.1) is 22.9 Å². The maximum Gasteiger partial charge on any atom is 0.410 e. The van der Waals surface area contributed by atoms with Crippen molar-refractivity contribution in [2.45, 2.75) is 116 Å². The molecule has 0 spiro atoms. The predicted molar refractivity (Wildman–Crippen MR) is 230 cm³/mol. The fourth-order valence-corrected chi connectivity index (χ4v) is 10.6. The number of hydrogen-bond acceptors (Lipinski definition) is 11. The summed E-state index contributed by atoms with van der Waals surface area (Å²) in [5, 5.41) is 0.328. The zero-order chi connectivity index (χ0) is 44.1. The van der Waals surface area contributed by atoms with Crippen molar-refractivity contribution in [3.05, 3.63) is 47.9 Å². The molecule has 0 radical (unpaired) electrons. The fourth-order valence-electron chi connectivity index (χ4n) is 8.93. The van der Waals surface area contributed by atoms with Crippen LogP contribution in [0.15, 0.2) is 30.5 Å². The molecular formula is C45H60F3N5O7Si. The summed E-state index contributed by atoms with van der Waals surface area (Å²) >= 11 is 0. The molecule has 3 aliphatic rings. The molecular weight excluding hydrogens is 808 g/mol. The lowest BCUT2D eigenvalue weighted by molar-refractivity contribution is -0.0282. The third-order valence-corrected chi connectivity index (χ3v) is 17.3. The number of benzene rings is 2. The van der Waals surface area contributed by atoms with Crippen molar-refractivity contribution >= 4 is 41.9 Å². The monoisotopic (exact) mass is 867 g/mol. The van der Waals surface area contributed by atoms with E-state index >= 15 is 8.78 Å². The number of amides is 1. The number of carbonyl (C=O) groups is 1. The number of pyridine rings is 1. The molecule has 4 heterocycles. The van der Waals surface area contributed by atoms with E-state index in [1.165, 1.54) is 31.5 Å². The van der Waals surface area contributed by atoms with E-state index in [0.717, 1.165) is 38.2 Å². The molecule has 332 valence electrons. The number of anilines is 1. The van der Waals surface area contributed by atoms with Crippen LogP contribution in [-0.2, 0) is 18.6 Å². The molecule has 1 saturated carbocycles. The maximum absolute atomic E-state index is 17.5. The summed E-state index contributed by atoms with van der Waals surface area (Å²) < 4.78 is 84.4. The smallest absolute Gasteiger partial charge is 0.410 e. The number of aromatic nitrogens is 3. The molecule has 61 heavy (non-hydrogen) atoms. The summed E-state index contributed by atoms with van der Waals surface area (Å²) in [7, 11) is -0.849. The van der Waals surface area contributed by atoms with Crippen LogP contribution in [0.5, 0.6) is 11.8 Å². The number of hydrogen-bond donors (Lipinski definition) is 0. The van der Waals surface area contributed by atoms with Gasteiger partial charge in [0, 0.05) is 55.3 Å². The Hall–Kier alpha value is -4.25. The predicted octanol–water partition coefficient (Wildman–Crippen LogP) is 9.81. The van der Waals surface area contributed by atoms with Crippen LogP contribution in [0.4, 0.5) is 23.8 Å². The largest absolute Gasteiger partial charge is 0.468 e. The average molecular weight is 868 g/mol. The molecule has 2 aromatic carbocycles. The summed E-state index contributed by atoms with van der Waals surface area (Å²) in [6.07, 6.45) is 5.23. The van der Waals surface area contributed by atoms with Crippen molar-refractivity contribution in [2.75, 3.05) is 58.3 Å². The van der Waals surface area contributed by atoms with Crippen LogP contribution in [0.2, 0.25) is 18.1 Å². The minimum Gasteiger partial charge on any atom is -0.468 e. The first-order valence-electron chi connectivity index (χ1n) is 21.2. The van der Waals surface area contributed by atoms with E-state index in [0.29, 0.717) is 44.1 Å². The lowest BCUT2D eigenvalue weighted by Gasteiger charge is -2.46. The summed E-state index contributed by atoms with van der Waals surface area (Å²) in [5.74, 6) is -2.51. The Bertz CT molecular complexity index is 2290. The Morgan fingerprint density at radius 3 is 2.48 bits per heavy atom. The molecule has 1 amide bonds. The Morgan fingerprint density at radius 2 is 1.75 bits per heavy atom. The van der Waals surface area contributed by atoms with Gasteiger partial charge in [0.15, 0.2) is 32.6 Å². The quantitative estimate of drug-likeness (QED) is 0.112. The summed E-state index contributed by atoms with van der Waals surface area (Å²) in [6.45, 7) is 20.6. The van der Waals surface area contributed by atoms with Gasteiger partial charge in [0.25, 0.3) is 0 Å². The van der Waals surface area contributed by atoms with Crippen LogP contribution in [-0.4, -0.2) is 105 Å². The standard InChI is InChI=1S/C45H60F3N5O7Si/c1-42(2,3)59-41(54)53-18-12-17-45(16-11-13-33(45)53)26-57-40-50-38-31(39(51-40)52-19-20-56-25-44(7,24-52)60-61(9,10)43(4,5)6)23-49-37(36(38)48)30-22-29(58-27-55-8)21-28-14-15-32(46)35(47)34(28)30/h14-15,21-23,33H,11-13,16-20,24-27H2,1-10H3/t33-,44+,45-/m1/s1. The second kappa shape index (κ2) is 16.8. The highest BCUT2D eigenvalue weighted by Gasteiger charge is 2.51. The first-order valence-corrected chi connectivity index (χ1v) is 24.1. The van der Waals surface area contributed by atoms with Crippen molar-refractivity contribution in [1.29, 1.82) is 0 Å². The Kier molecular flexibility index (Phi) is 12.3. The molecule has 2 aromatic heterocycles. The minimum atomic E-state index is -2.30. The number of piperidine rings is 1. The first kappa shape index (κ1) is 44.8. The van der Waals surface area contributed by atoms with Crippen molar-refractivity contribution in [3.8, 4) is 23.0 Å². The molecule has 16 heteroatoms. The maximum atomic E-state index is 17.5. The third kappa shape index (κ3) is 9.14.